The fraction of sp³-hybridized carbons (Fsp3) is 0.389. The summed E-state index contributed by atoms with van der Waals surface area (Å²) in [5, 5.41) is 3.45. The molecule has 24 heavy (non-hydrogen) atoms. The van der Waals surface area contributed by atoms with Crippen molar-refractivity contribution in [1.29, 1.82) is 0 Å². The predicted octanol–water partition coefficient (Wildman–Crippen LogP) is 4.24. The molecule has 2 aromatic rings. The van der Waals surface area contributed by atoms with E-state index >= 15 is 0 Å². The highest BCUT2D eigenvalue weighted by Crippen LogP contribution is 2.21. The third kappa shape index (κ3) is 4.68. The lowest BCUT2D eigenvalue weighted by Crippen LogP contribution is -2.23. The summed E-state index contributed by atoms with van der Waals surface area (Å²) in [5.41, 5.74) is 2.74. The number of carbonyl (C=O) groups is 1. The Bertz CT molecular complexity index is 733. The molecule has 0 fully saturated rings. The lowest BCUT2D eigenvalue weighted by Gasteiger charge is -2.17. The summed E-state index contributed by atoms with van der Waals surface area (Å²) in [6, 6.07) is 7.08. The van der Waals surface area contributed by atoms with Gasteiger partial charge in [-0.05, 0) is 44.0 Å². The van der Waals surface area contributed by atoms with Gasteiger partial charge in [-0.2, -0.15) is 0 Å². The van der Waals surface area contributed by atoms with Crippen LogP contribution in [0.5, 0.6) is 0 Å². The van der Waals surface area contributed by atoms with Crippen molar-refractivity contribution in [2.45, 2.75) is 33.6 Å². The maximum absolute atomic E-state index is 12.6. The van der Waals surface area contributed by atoms with E-state index in [1.807, 2.05) is 31.9 Å². The first-order valence-corrected chi connectivity index (χ1v) is 8.43. The van der Waals surface area contributed by atoms with Crippen molar-refractivity contribution in [3.05, 3.63) is 46.2 Å². The molecule has 1 heterocycles. The van der Waals surface area contributed by atoms with Gasteiger partial charge < -0.3 is 10.2 Å². The average molecular weight is 347 g/mol. The van der Waals surface area contributed by atoms with Crippen molar-refractivity contribution in [2.24, 2.45) is 0 Å². The molecule has 0 aliphatic carbocycles. The molecule has 0 aliphatic heterocycles. The smallest absolute Gasteiger partial charge is 0.274 e. The highest BCUT2D eigenvalue weighted by molar-refractivity contribution is 6.31. The topological polar surface area (TPSA) is 58.1 Å². The van der Waals surface area contributed by atoms with Crippen LogP contribution in [0.2, 0.25) is 5.02 Å². The molecule has 1 aromatic carbocycles. The van der Waals surface area contributed by atoms with E-state index in [0.717, 1.165) is 30.6 Å². The van der Waals surface area contributed by atoms with E-state index in [2.05, 4.69) is 22.2 Å². The Morgan fingerprint density at radius 3 is 2.71 bits per heavy atom. The first-order chi connectivity index (χ1) is 11.4. The highest BCUT2D eigenvalue weighted by atomic mass is 35.5. The largest absolute Gasteiger partial charge is 0.344 e. The number of rotatable bonds is 6. The van der Waals surface area contributed by atoms with Gasteiger partial charge >= 0.3 is 0 Å². The molecule has 1 amide bonds. The van der Waals surface area contributed by atoms with Crippen molar-refractivity contribution in [2.75, 3.05) is 23.8 Å². The second-order valence-electron chi connectivity index (χ2n) is 5.88. The number of benzene rings is 1. The summed E-state index contributed by atoms with van der Waals surface area (Å²) < 4.78 is 0. The summed E-state index contributed by atoms with van der Waals surface area (Å²) in [4.78, 5) is 23.4. The van der Waals surface area contributed by atoms with Crippen LogP contribution in [0.15, 0.2) is 24.3 Å². The number of aromatic nitrogens is 2. The molecule has 1 N–H and O–H groups in total. The highest BCUT2D eigenvalue weighted by Gasteiger charge is 2.14. The molecule has 0 radical (unpaired) electrons. The minimum atomic E-state index is -0.268. The van der Waals surface area contributed by atoms with Gasteiger partial charge in [-0.15, -0.1) is 0 Å². The lowest BCUT2D eigenvalue weighted by atomic mass is 10.2. The molecule has 2 rings (SSSR count). The van der Waals surface area contributed by atoms with E-state index in [1.54, 1.807) is 18.2 Å². The summed E-state index contributed by atoms with van der Waals surface area (Å²) in [6.07, 6.45) is 2.15. The van der Waals surface area contributed by atoms with Crippen molar-refractivity contribution >= 4 is 29.1 Å². The third-order valence-corrected chi connectivity index (χ3v) is 3.95. The normalized spacial score (nSPS) is 10.5. The summed E-state index contributed by atoms with van der Waals surface area (Å²) in [6.45, 7) is 6.77. The molecular formula is C18H23ClN4O. The van der Waals surface area contributed by atoms with Gasteiger partial charge in [0, 0.05) is 30.0 Å². The third-order valence-electron chi connectivity index (χ3n) is 3.71. The van der Waals surface area contributed by atoms with Crippen LogP contribution in [0.4, 0.5) is 11.6 Å². The Balaban J connectivity index is 2.23. The van der Waals surface area contributed by atoms with Crippen molar-refractivity contribution < 1.29 is 4.79 Å². The Morgan fingerprint density at radius 2 is 2.00 bits per heavy atom. The van der Waals surface area contributed by atoms with Crippen LogP contribution in [0.1, 0.15) is 41.5 Å². The maximum Gasteiger partial charge on any atom is 0.274 e. The predicted molar refractivity (Wildman–Crippen MR) is 99.1 cm³/mol. The number of nitrogens with one attached hydrogen (secondary N) is 1. The molecule has 128 valence electrons. The monoisotopic (exact) mass is 346 g/mol. The van der Waals surface area contributed by atoms with Crippen LogP contribution < -0.4 is 10.2 Å². The summed E-state index contributed by atoms with van der Waals surface area (Å²) in [7, 11) is 1.94. The molecule has 5 nitrogen and oxygen atoms in total. The van der Waals surface area contributed by atoms with Crippen LogP contribution >= 0.6 is 11.6 Å². The first-order valence-electron chi connectivity index (χ1n) is 8.05. The van der Waals surface area contributed by atoms with Gasteiger partial charge in [-0.3, -0.25) is 4.79 Å². The zero-order valence-electron chi connectivity index (χ0n) is 14.6. The number of aryl methyl sites for hydroxylation is 2. The second-order valence-corrected chi connectivity index (χ2v) is 6.32. The van der Waals surface area contributed by atoms with Crippen LogP contribution in [0.3, 0.4) is 0 Å². The zero-order valence-corrected chi connectivity index (χ0v) is 15.3. The van der Waals surface area contributed by atoms with Crippen LogP contribution in [0, 0.1) is 13.8 Å². The van der Waals surface area contributed by atoms with Gasteiger partial charge in [0.15, 0.2) is 0 Å². The number of nitrogens with zero attached hydrogens (tertiary/aromatic N) is 3. The molecule has 0 spiro atoms. The second kappa shape index (κ2) is 8.11. The molecule has 0 saturated heterocycles. The quantitative estimate of drug-likeness (QED) is 0.850. The van der Waals surface area contributed by atoms with Gasteiger partial charge in [0.25, 0.3) is 5.91 Å². The molecule has 0 aliphatic rings. The Hall–Kier alpha value is -2.14. The number of unbranched alkanes of at least 4 members (excludes halogenated alkanes) is 1. The molecule has 1 aromatic heterocycles. The van der Waals surface area contributed by atoms with Gasteiger partial charge in [-0.25, -0.2) is 9.97 Å². The van der Waals surface area contributed by atoms with E-state index in [-0.39, 0.29) is 5.91 Å². The molecule has 0 bridgehead atoms. The van der Waals surface area contributed by atoms with E-state index in [9.17, 15) is 4.79 Å². The fourth-order valence-electron chi connectivity index (χ4n) is 2.25. The van der Waals surface area contributed by atoms with E-state index < -0.39 is 0 Å². The first kappa shape index (κ1) is 18.2. The fourth-order valence-corrected chi connectivity index (χ4v) is 2.42. The maximum atomic E-state index is 12.6. The van der Waals surface area contributed by atoms with Crippen LogP contribution in [-0.2, 0) is 0 Å². The summed E-state index contributed by atoms with van der Waals surface area (Å²) in [5.74, 6) is 0.299. The van der Waals surface area contributed by atoms with E-state index in [4.69, 9.17) is 11.6 Å². The van der Waals surface area contributed by atoms with Gasteiger partial charge in [0.1, 0.15) is 5.69 Å². The average Bonchev–Trinajstić information content (AvgIpc) is 2.55. The van der Waals surface area contributed by atoms with Gasteiger partial charge in [0.2, 0.25) is 5.95 Å². The molecule has 0 atom stereocenters. The number of amides is 1. The minimum absolute atomic E-state index is 0.268. The molecule has 0 saturated carbocycles. The van der Waals surface area contributed by atoms with E-state index in [1.165, 1.54) is 0 Å². The lowest BCUT2D eigenvalue weighted by molar-refractivity contribution is 0.102. The minimum Gasteiger partial charge on any atom is -0.344 e. The zero-order chi connectivity index (χ0) is 17.7. The number of halogens is 1. The Kier molecular flexibility index (Phi) is 6.15. The number of hydrogen-bond acceptors (Lipinski definition) is 4. The molecule has 6 heteroatoms. The van der Waals surface area contributed by atoms with Crippen LogP contribution in [0.25, 0.3) is 0 Å². The van der Waals surface area contributed by atoms with Crippen LogP contribution in [-0.4, -0.2) is 29.5 Å². The number of anilines is 2. The van der Waals surface area contributed by atoms with Gasteiger partial charge in [-0.1, -0.05) is 31.0 Å². The van der Waals surface area contributed by atoms with Crippen molar-refractivity contribution in [3.8, 4) is 0 Å². The van der Waals surface area contributed by atoms with E-state index in [0.29, 0.717) is 22.4 Å². The van der Waals surface area contributed by atoms with Crippen molar-refractivity contribution in [3.63, 3.8) is 0 Å². The number of hydrogen-bond donors (Lipinski definition) is 1. The van der Waals surface area contributed by atoms with Gasteiger partial charge in [0.05, 0.1) is 0 Å². The molecular weight excluding hydrogens is 324 g/mol. The standard InChI is InChI=1S/C18H23ClN4O/c1-5-6-9-23(4)18-20-13(3)10-16(22-18)17(24)21-15-11-14(19)8-7-12(15)2/h7-8,10-11H,5-6,9H2,1-4H3,(H,21,24). The Labute approximate surface area is 148 Å². The van der Waals surface area contributed by atoms with Crippen molar-refractivity contribution in [1.82, 2.24) is 9.97 Å². The summed E-state index contributed by atoms with van der Waals surface area (Å²) >= 11 is 6.00. The number of carbonyl (C=O) groups excluding carboxylic acids is 1. The Morgan fingerprint density at radius 1 is 1.25 bits per heavy atom. The molecule has 0 unspecified atom stereocenters. The SMILES string of the molecule is CCCCN(C)c1nc(C)cc(C(=O)Nc2cc(Cl)ccc2C)n1.